The van der Waals surface area contributed by atoms with Crippen molar-refractivity contribution in [3.63, 3.8) is 0 Å². The highest BCUT2D eigenvalue weighted by Crippen LogP contribution is 2.25. The van der Waals surface area contributed by atoms with Gasteiger partial charge in [-0.3, -0.25) is 14.9 Å². The summed E-state index contributed by atoms with van der Waals surface area (Å²) in [5.74, 6) is -1.38. The summed E-state index contributed by atoms with van der Waals surface area (Å²) >= 11 is 3.26. The number of rotatable bonds is 5. The van der Waals surface area contributed by atoms with Gasteiger partial charge in [0, 0.05) is 13.2 Å². The average Bonchev–Trinajstić information content (AvgIpc) is 2.98. The second-order valence-corrected chi connectivity index (χ2v) is 5.66. The average molecular weight is 395 g/mol. The van der Waals surface area contributed by atoms with Crippen molar-refractivity contribution in [3.05, 3.63) is 52.3 Å². The number of ether oxygens (including phenoxy) is 2. The van der Waals surface area contributed by atoms with Crippen molar-refractivity contribution in [3.8, 4) is 5.75 Å². The number of hydrogen-bond donors (Lipinski definition) is 1. The Hall–Kier alpha value is -2.61. The van der Waals surface area contributed by atoms with Crippen molar-refractivity contribution in [1.29, 1.82) is 0 Å². The van der Waals surface area contributed by atoms with E-state index in [1.54, 1.807) is 36.0 Å². The van der Waals surface area contributed by atoms with Crippen molar-refractivity contribution >= 4 is 33.7 Å². The topological polar surface area (TPSA) is 86.6 Å². The number of carbonyl (C=O) groups excluding carboxylic acids is 3. The zero-order valence-electron chi connectivity index (χ0n) is 13.0. The van der Waals surface area contributed by atoms with E-state index in [0.29, 0.717) is 15.9 Å². The van der Waals surface area contributed by atoms with Gasteiger partial charge in [-0.1, -0.05) is 0 Å². The van der Waals surface area contributed by atoms with E-state index in [0.717, 1.165) is 0 Å². The molecule has 0 aliphatic rings. The van der Waals surface area contributed by atoms with Crippen molar-refractivity contribution in [2.75, 3.05) is 13.7 Å². The third-order valence-electron chi connectivity index (χ3n) is 3.15. The number of methoxy groups -OCH3 is 1. The monoisotopic (exact) mass is 394 g/mol. The van der Waals surface area contributed by atoms with Gasteiger partial charge in [-0.2, -0.15) is 0 Å². The zero-order valence-corrected chi connectivity index (χ0v) is 14.6. The van der Waals surface area contributed by atoms with Gasteiger partial charge in [0.25, 0.3) is 11.8 Å². The number of aryl methyl sites for hydroxylation is 1. The second-order valence-electron chi connectivity index (χ2n) is 4.81. The Labute approximate surface area is 146 Å². The number of imide groups is 1. The highest BCUT2D eigenvalue weighted by Gasteiger charge is 2.16. The lowest BCUT2D eigenvalue weighted by Gasteiger charge is -2.08. The fourth-order valence-electron chi connectivity index (χ4n) is 1.93. The molecule has 24 heavy (non-hydrogen) atoms. The number of esters is 1. The Morgan fingerprint density at radius 3 is 2.58 bits per heavy atom. The molecule has 2 amide bonds. The molecule has 1 heterocycles. The first-order valence-electron chi connectivity index (χ1n) is 6.88. The normalized spacial score (nSPS) is 10.1. The molecule has 8 heteroatoms. The SMILES string of the molecule is COc1ccc(C(=O)OCC(=O)NC(=O)c2cccn2C)cc1Br. The molecule has 0 spiro atoms. The molecule has 2 aromatic rings. The molecule has 0 unspecified atom stereocenters. The van der Waals surface area contributed by atoms with E-state index in [9.17, 15) is 14.4 Å². The Morgan fingerprint density at radius 2 is 2.00 bits per heavy atom. The van der Waals surface area contributed by atoms with Crippen LogP contribution in [-0.4, -0.2) is 36.1 Å². The van der Waals surface area contributed by atoms with Gasteiger partial charge in [0.15, 0.2) is 6.61 Å². The van der Waals surface area contributed by atoms with E-state index in [2.05, 4.69) is 21.2 Å². The largest absolute Gasteiger partial charge is 0.496 e. The van der Waals surface area contributed by atoms with Gasteiger partial charge in [0.05, 0.1) is 17.1 Å². The summed E-state index contributed by atoms with van der Waals surface area (Å²) in [6, 6.07) is 7.89. The van der Waals surface area contributed by atoms with Gasteiger partial charge in [-0.15, -0.1) is 0 Å². The molecule has 0 atom stereocenters. The van der Waals surface area contributed by atoms with Crippen LogP contribution in [0.5, 0.6) is 5.75 Å². The standard InChI is InChI=1S/C16H15BrN2O5/c1-19-7-3-4-12(19)15(21)18-14(20)9-24-16(22)10-5-6-13(23-2)11(17)8-10/h3-8H,9H2,1-2H3,(H,18,20,21). The first-order chi connectivity index (χ1) is 11.4. The molecule has 1 aromatic carbocycles. The van der Waals surface area contributed by atoms with Crippen LogP contribution in [0, 0.1) is 0 Å². The quantitative estimate of drug-likeness (QED) is 0.782. The summed E-state index contributed by atoms with van der Waals surface area (Å²) in [7, 11) is 3.19. The van der Waals surface area contributed by atoms with Crippen LogP contribution in [0.15, 0.2) is 41.0 Å². The van der Waals surface area contributed by atoms with Crippen LogP contribution in [0.1, 0.15) is 20.8 Å². The summed E-state index contributed by atoms with van der Waals surface area (Å²) in [6.45, 7) is -0.557. The number of amides is 2. The summed E-state index contributed by atoms with van der Waals surface area (Å²) < 4.78 is 12.1. The van der Waals surface area contributed by atoms with Gasteiger partial charge in [0.2, 0.25) is 0 Å². The summed E-state index contributed by atoms with van der Waals surface area (Å²) in [5.41, 5.74) is 0.581. The Kier molecular flexibility index (Phi) is 5.75. The lowest BCUT2D eigenvalue weighted by atomic mass is 10.2. The van der Waals surface area contributed by atoms with E-state index in [1.807, 2.05) is 0 Å². The Morgan fingerprint density at radius 1 is 1.25 bits per heavy atom. The third kappa shape index (κ3) is 4.23. The van der Waals surface area contributed by atoms with Crippen LogP contribution < -0.4 is 10.1 Å². The van der Waals surface area contributed by atoms with Crippen LogP contribution in [0.25, 0.3) is 0 Å². The number of nitrogens with one attached hydrogen (secondary N) is 1. The highest BCUT2D eigenvalue weighted by atomic mass is 79.9. The van der Waals surface area contributed by atoms with E-state index < -0.39 is 24.4 Å². The Balaban J connectivity index is 1.89. The lowest BCUT2D eigenvalue weighted by molar-refractivity contribution is -0.123. The minimum absolute atomic E-state index is 0.254. The number of carbonyl (C=O) groups is 3. The van der Waals surface area contributed by atoms with Crippen molar-refractivity contribution in [2.45, 2.75) is 0 Å². The number of aromatic nitrogens is 1. The molecule has 0 saturated carbocycles. The van der Waals surface area contributed by atoms with Crippen molar-refractivity contribution in [2.24, 2.45) is 7.05 Å². The van der Waals surface area contributed by atoms with E-state index in [-0.39, 0.29) is 5.56 Å². The maximum absolute atomic E-state index is 11.9. The van der Waals surface area contributed by atoms with E-state index >= 15 is 0 Å². The molecule has 0 aliphatic heterocycles. The van der Waals surface area contributed by atoms with Crippen molar-refractivity contribution < 1.29 is 23.9 Å². The second kappa shape index (κ2) is 7.78. The van der Waals surface area contributed by atoms with Gasteiger partial charge in [0.1, 0.15) is 11.4 Å². The van der Waals surface area contributed by atoms with Crippen LogP contribution >= 0.6 is 15.9 Å². The molecule has 1 N–H and O–H groups in total. The number of benzene rings is 1. The fourth-order valence-corrected chi connectivity index (χ4v) is 2.47. The fraction of sp³-hybridized carbons (Fsp3) is 0.188. The van der Waals surface area contributed by atoms with Gasteiger partial charge < -0.3 is 14.0 Å². The van der Waals surface area contributed by atoms with E-state index in [1.165, 1.54) is 19.2 Å². The van der Waals surface area contributed by atoms with Gasteiger partial charge in [-0.25, -0.2) is 4.79 Å². The molecule has 1 aromatic heterocycles. The number of hydrogen-bond acceptors (Lipinski definition) is 5. The van der Waals surface area contributed by atoms with Crippen LogP contribution in [0.4, 0.5) is 0 Å². The molecular formula is C16H15BrN2O5. The molecule has 126 valence electrons. The highest BCUT2D eigenvalue weighted by molar-refractivity contribution is 9.10. The van der Waals surface area contributed by atoms with Crippen LogP contribution in [-0.2, 0) is 16.6 Å². The lowest BCUT2D eigenvalue weighted by Crippen LogP contribution is -2.35. The molecule has 7 nitrogen and oxygen atoms in total. The minimum Gasteiger partial charge on any atom is -0.496 e. The molecule has 0 radical (unpaired) electrons. The predicted octanol–water partition coefficient (Wildman–Crippen LogP) is 1.91. The summed E-state index contributed by atoms with van der Waals surface area (Å²) in [4.78, 5) is 35.5. The first kappa shape index (κ1) is 17.7. The molecular weight excluding hydrogens is 380 g/mol. The zero-order chi connectivity index (χ0) is 17.7. The van der Waals surface area contributed by atoms with Gasteiger partial charge in [-0.05, 0) is 46.3 Å². The molecule has 2 rings (SSSR count). The van der Waals surface area contributed by atoms with Gasteiger partial charge >= 0.3 is 5.97 Å². The number of halogens is 1. The molecule has 0 bridgehead atoms. The third-order valence-corrected chi connectivity index (χ3v) is 3.77. The predicted molar refractivity (Wildman–Crippen MR) is 88.9 cm³/mol. The minimum atomic E-state index is -0.706. The van der Waals surface area contributed by atoms with Crippen LogP contribution in [0.3, 0.4) is 0 Å². The Bertz CT molecular complexity index is 785. The summed E-state index contributed by atoms with van der Waals surface area (Å²) in [5, 5.41) is 2.15. The maximum Gasteiger partial charge on any atom is 0.338 e. The molecule has 0 saturated heterocycles. The first-order valence-corrected chi connectivity index (χ1v) is 7.68. The van der Waals surface area contributed by atoms with E-state index in [4.69, 9.17) is 9.47 Å². The molecule has 0 aliphatic carbocycles. The molecule has 0 fully saturated rings. The smallest absolute Gasteiger partial charge is 0.338 e. The maximum atomic E-state index is 11.9. The summed E-state index contributed by atoms with van der Waals surface area (Å²) in [6.07, 6.45) is 1.68. The number of nitrogens with zero attached hydrogens (tertiary/aromatic N) is 1. The van der Waals surface area contributed by atoms with Crippen LogP contribution in [0.2, 0.25) is 0 Å². The van der Waals surface area contributed by atoms with Crippen molar-refractivity contribution in [1.82, 2.24) is 9.88 Å².